The van der Waals surface area contributed by atoms with E-state index < -0.39 is 0 Å². The molecule has 0 radical (unpaired) electrons. The number of benzene rings is 1. The van der Waals surface area contributed by atoms with Gasteiger partial charge in [-0.15, -0.1) is 0 Å². The van der Waals surface area contributed by atoms with Crippen LogP contribution in [0.2, 0.25) is 0 Å². The summed E-state index contributed by atoms with van der Waals surface area (Å²) in [6.07, 6.45) is 4.78. The molecule has 20 heavy (non-hydrogen) atoms. The van der Waals surface area contributed by atoms with Crippen molar-refractivity contribution in [1.82, 2.24) is 5.32 Å². The van der Waals surface area contributed by atoms with Crippen molar-refractivity contribution in [1.29, 1.82) is 0 Å². The van der Waals surface area contributed by atoms with E-state index in [0.29, 0.717) is 12.1 Å². The molecular formula is C17H26BrNO. The van der Waals surface area contributed by atoms with Gasteiger partial charge in [0.25, 0.3) is 0 Å². The second-order valence-electron chi connectivity index (χ2n) is 6.26. The van der Waals surface area contributed by atoms with Crippen molar-refractivity contribution in [2.24, 2.45) is 5.92 Å². The van der Waals surface area contributed by atoms with Crippen molar-refractivity contribution in [3.63, 3.8) is 0 Å². The highest BCUT2D eigenvalue weighted by atomic mass is 79.9. The molecule has 0 bridgehead atoms. The van der Waals surface area contributed by atoms with Crippen LogP contribution in [-0.4, -0.2) is 12.6 Å². The summed E-state index contributed by atoms with van der Waals surface area (Å²) in [4.78, 5) is 0. The third kappa shape index (κ3) is 4.49. The molecule has 0 aromatic heterocycles. The largest absolute Gasteiger partial charge is 0.493 e. The fraction of sp³-hybridized carbons (Fsp3) is 0.647. The van der Waals surface area contributed by atoms with Gasteiger partial charge >= 0.3 is 0 Å². The second-order valence-corrected chi connectivity index (χ2v) is 7.18. The number of hydrogen-bond acceptors (Lipinski definition) is 2. The van der Waals surface area contributed by atoms with Gasteiger partial charge in [-0.3, -0.25) is 0 Å². The molecule has 1 aromatic rings. The Kier molecular flexibility index (Phi) is 5.91. The Morgan fingerprint density at radius 2 is 2.10 bits per heavy atom. The van der Waals surface area contributed by atoms with E-state index in [4.69, 9.17) is 4.74 Å². The number of halogens is 1. The zero-order valence-corrected chi connectivity index (χ0v) is 14.4. The Morgan fingerprint density at radius 3 is 2.85 bits per heavy atom. The van der Waals surface area contributed by atoms with Crippen LogP contribution >= 0.6 is 15.9 Å². The molecule has 1 aromatic carbocycles. The zero-order chi connectivity index (χ0) is 14.5. The highest BCUT2D eigenvalue weighted by Crippen LogP contribution is 2.34. The fourth-order valence-electron chi connectivity index (χ4n) is 2.73. The molecule has 1 N–H and O–H groups in total. The lowest BCUT2D eigenvalue weighted by Gasteiger charge is -2.24. The first-order valence-corrected chi connectivity index (χ1v) is 8.54. The Labute approximate surface area is 131 Å². The lowest BCUT2D eigenvalue weighted by atomic mass is 9.99. The Hall–Kier alpha value is -0.540. The molecule has 0 spiro atoms. The highest BCUT2D eigenvalue weighted by molar-refractivity contribution is 9.10. The number of fused-ring (bicyclic) bond motifs is 1. The summed E-state index contributed by atoms with van der Waals surface area (Å²) < 4.78 is 6.96. The molecule has 1 aliphatic heterocycles. The average molecular weight is 340 g/mol. The molecule has 0 saturated heterocycles. The van der Waals surface area contributed by atoms with Crippen molar-refractivity contribution in [3.8, 4) is 5.75 Å². The van der Waals surface area contributed by atoms with Crippen LogP contribution in [0.25, 0.3) is 0 Å². The van der Waals surface area contributed by atoms with Crippen LogP contribution in [0.3, 0.4) is 0 Å². The van der Waals surface area contributed by atoms with Gasteiger partial charge in [-0.25, -0.2) is 0 Å². The smallest absolute Gasteiger partial charge is 0.125 e. The van der Waals surface area contributed by atoms with Crippen LogP contribution in [0.4, 0.5) is 0 Å². The molecule has 0 fully saturated rings. The molecule has 2 nitrogen and oxygen atoms in total. The Balaban J connectivity index is 2.04. The van der Waals surface area contributed by atoms with Gasteiger partial charge in [-0.05, 0) is 50.7 Å². The summed E-state index contributed by atoms with van der Waals surface area (Å²) in [5, 5.41) is 3.79. The summed E-state index contributed by atoms with van der Waals surface area (Å²) >= 11 is 3.53. The molecule has 3 heteroatoms. The maximum Gasteiger partial charge on any atom is 0.125 e. The molecule has 0 amide bonds. The molecule has 0 aliphatic carbocycles. The van der Waals surface area contributed by atoms with Crippen molar-refractivity contribution < 1.29 is 4.74 Å². The SMILES string of the molecule is CC(C)CCC(C)NC1CCCOc2cc(Br)ccc21. The fourth-order valence-corrected chi connectivity index (χ4v) is 3.07. The van der Waals surface area contributed by atoms with E-state index in [1.54, 1.807) is 0 Å². The monoisotopic (exact) mass is 339 g/mol. The van der Waals surface area contributed by atoms with Crippen LogP contribution in [-0.2, 0) is 0 Å². The summed E-state index contributed by atoms with van der Waals surface area (Å²) in [5.41, 5.74) is 1.31. The summed E-state index contributed by atoms with van der Waals surface area (Å²) in [6.45, 7) is 7.70. The number of ether oxygens (including phenoxy) is 1. The van der Waals surface area contributed by atoms with Crippen molar-refractivity contribution >= 4 is 15.9 Å². The van der Waals surface area contributed by atoms with E-state index in [9.17, 15) is 0 Å². The van der Waals surface area contributed by atoms with Gasteiger partial charge < -0.3 is 10.1 Å². The van der Waals surface area contributed by atoms with Gasteiger partial charge in [0.15, 0.2) is 0 Å². The molecule has 1 heterocycles. The third-order valence-electron chi connectivity index (χ3n) is 3.91. The number of nitrogens with one attached hydrogen (secondary N) is 1. The maximum absolute atomic E-state index is 5.87. The molecule has 2 unspecified atom stereocenters. The quantitative estimate of drug-likeness (QED) is 0.807. The van der Waals surface area contributed by atoms with Gasteiger partial charge in [0.1, 0.15) is 5.75 Å². The lowest BCUT2D eigenvalue weighted by Crippen LogP contribution is -2.30. The third-order valence-corrected chi connectivity index (χ3v) is 4.40. The summed E-state index contributed by atoms with van der Waals surface area (Å²) in [7, 11) is 0. The average Bonchev–Trinajstić information content (AvgIpc) is 2.58. The van der Waals surface area contributed by atoms with E-state index in [1.165, 1.54) is 18.4 Å². The zero-order valence-electron chi connectivity index (χ0n) is 12.8. The summed E-state index contributed by atoms with van der Waals surface area (Å²) in [5.74, 6) is 1.81. The minimum Gasteiger partial charge on any atom is -0.493 e. The molecule has 112 valence electrons. The first-order valence-electron chi connectivity index (χ1n) is 7.74. The topological polar surface area (TPSA) is 21.3 Å². The van der Waals surface area contributed by atoms with Crippen molar-refractivity contribution in [2.45, 2.75) is 58.5 Å². The van der Waals surface area contributed by atoms with Crippen molar-refractivity contribution in [3.05, 3.63) is 28.2 Å². The van der Waals surface area contributed by atoms with Crippen LogP contribution in [0.5, 0.6) is 5.75 Å². The van der Waals surface area contributed by atoms with Gasteiger partial charge in [0.05, 0.1) is 6.61 Å². The first kappa shape index (κ1) is 15.8. The van der Waals surface area contributed by atoms with Gasteiger partial charge in [-0.1, -0.05) is 35.8 Å². The predicted octanol–water partition coefficient (Wildman–Crippen LogP) is 5.08. The van der Waals surface area contributed by atoms with E-state index in [2.05, 4.69) is 60.2 Å². The molecular weight excluding hydrogens is 314 g/mol. The standard InChI is InChI=1S/C17H26BrNO/c1-12(2)6-7-13(3)19-16-5-4-10-20-17-11-14(18)8-9-15(16)17/h8-9,11-13,16,19H,4-7,10H2,1-3H3. The minimum atomic E-state index is 0.419. The highest BCUT2D eigenvalue weighted by Gasteiger charge is 2.21. The predicted molar refractivity (Wildman–Crippen MR) is 88.3 cm³/mol. The van der Waals surface area contributed by atoms with Gasteiger partial charge in [-0.2, -0.15) is 0 Å². The number of rotatable bonds is 5. The molecule has 1 aliphatic rings. The second kappa shape index (κ2) is 7.46. The van der Waals surface area contributed by atoms with Gasteiger partial charge in [0, 0.05) is 22.1 Å². The lowest BCUT2D eigenvalue weighted by molar-refractivity contribution is 0.313. The van der Waals surface area contributed by atoms with Gasteiger partial charge in [0.2, 0.25) is 0 Å². The van der Waals surface area contributed by atoms with E-state index in [0.717, 1.165) is 35.6 Å². The molecule has 0 saturated carbocycles. The van der Waals surface area contributed by atoms with Crippen LogP contribution in [0.1, 0.15) is 58.1 Å². The van der Waals surface area contributed by atoms with E-state index in [1.807, 2.05) is 0 Å². The number of hydrogen-bond donors (Lipinski definition) is 1. The maximum atomic E-state index is 5.87. The first-order chi connectivity index (χ1) is 9.56. The van der Waals surface area contributed by atoms with E-state index in [-0.39, 0.29) is 0 Å². The minimum absolute atomic E-state index is 0.419. The van der Waals surface area contributed by atoms with Crippen LogP contribution in [0.15, 0.2) is 22.7 Å². The van der Waals surface area contributed by atoms with Crippen LogP contribution in [0, 0.1) is 5.92 Å². The van der Waals surface area contributed by atoms with E-state index >= 15 is 0 Å². The Bertz CT molecular complexity index is 433. The van der Waals surface area contributed by atoms with Crippen LogP contribution < -0.4 is 10.1 Å². The summed E-state index contributed by atoms with van der Waals surface area (Å²) in [6, 6.07) is 7.37. The van der Waals surface area contributed by atoms with Crippen molar-refractivity contribution in [2.75, 3.05) is 6.61 Å². The Morgan fingerprint density at radius 1 is 1.30 bits per heavy atom. The normalized spacial score (nSPS) is 20.1. The molecule has 2 atom stereocenters. The molecule has 2 rings (SSSR count).